The predicted octanol–water partition coefficient (Wildman–Crippen LogP) is 4.83. The van der Waals surface area contributed by atoms with Gasteiger partial charge in [0.25, 0.3) is 5.56 Å². The summed E-state index contributed by atoms with van der Waals surface area (Å²) in [7, 11) is 4.62. The number of ketones is 2. The highest BCUT2D eigenvalue weighted by molar-refractivity contribution is 6.31. The smallest absolute Gasteiger partial charge is 0.347 e. The molecule has 6 aromatic rings. The first kappa shape index (κ1) is 38.7. The number of aryl methyl sites for hydroxylation is 2. The molecule has 4 atom stereocenters. The van der Waals surface area contributed by atoms with Crippen molar-refractivity contribution in [2.24, 2.45) is 18.9 Å². The van der Waals surface area contributed by atoms with Crippen LogP contribution in [0.4, 0.5) is 0 Å². The number of Topliss-reactive ketones (excluding diaryl/α,β-unsaturated/α-hetero) is 1. The zero-order valence-corrected chi connectivity index (χ0v) is 34.1. The summed E-state index contributed by atoms with van der Waals surface area (Å²) in [6, 6.07) is 25.7. The second-order valence-electron chi connectivity index (χ2n) is 16.1. The molecular weight excluding hydrogens is 791 g/mol. The largest absolute Gasteiger partial charge is 0.508 e. The van der Waals surface area contributed by atoms with Crippen molar-refractivity contribution in [2.75, 3.05) is 14.2 Å². The van der Waals surface area contributed by atoms with Crippen molar-refractivity contribution in [3.8, 4) is 23.0 Å². The molecule has 0 amide bonds. The molecule has 312 valence electrons. The Morgan fingerprint density at radius 2 is 1.61 bits per heavy atom. The number of benzene rings is 4. The van der Waals surface area contributed by atoms with Crippen LogP contribution in [0.3, 0.4) is 0 Å². The Hall–Kier alpha value is -7.48. The first-order valence-electron chi connectivity index (χ1n) is 20.4. The van der Waals surface area contributed by atoms with Crippen molar-refractivity contribution in [2.45, 2.75) is 43.8 Å². The lowest BCUT2D eigenvalue weighted by Crippen LogP contribution is -2.60. The number of phenolic OH excluding ortho intramolecular Hbond substituents is 1. The van der Waals surface area contributed by atoms with Gasteiger partial charge in [0.2, 0.25) is 0 Å². The van der Waals surface area contributed by atoms with Crippen molar-refractivity contribution in [3.05, 3.63) is 174 Å². The molecular formula is C48H41N5O9. The number of ether oxygens (including phenoxy) is 3. The Morgan fingerprint density at radius 3 is 2.35 bits per heavy atom. The molecule has 1 saturated carbocycles. The molecule has 2 aromatic heterocycles. The topological polar surface area (TPSA) is 166 Å². The van der Waals surface area contributed by atoms with Crippen LogP contribution >= 0.6 is 0 Å². The van der Waals surface area contributed by atoms with Crippen molar-refractivity contribution in [1.82, 2.24) is 23.5 Å². The lowest BCUT2D eigenvalue weighted by atomic mass is 9.47. The van der Waals surface area contributed by atoms with Crippen LogP contribution in [0.1, 0.15) is 34.8 Å². The van der Waals surface area contributed by atoms with Crippen LogP contribution in [0.15, 0.2) is 135 Å². The monoisotopic (exact) mass is 831 g/mol. The molecule has 1 N–H and O–H groups in total. The first-order valence-corrected chi connectivity index (χ1v) is 20.4. The summed E-state index contributed by atoms with van der Waals surface area (Å²) < 4.78 is 22.4. The van der Waals surface area contributed by atoms with Crippen LogP contribution in [-0.2, 0) is 48.0 Å². The Labute approximate surface area is 353 Å². The molecule has 0 saturated heterocycles. The molecule has 14 nitrogen and oxygen atoms in total. The highest BCUT2D eigenvalue weighted by atomic mass is 16.5. The number of hydrogen-bond acceptors (Lipinski definition) is 10. The standard InChI is InChI=1S/C48H41N5O9/c1-50-38-25-41(61-3)40(60-2)24-36(38)49-35(45(50)57)17-18-51-46(58)52-19-16-32-37(53(52)47(51)59)23-34-44(56)33(27-10-6-4-7-11-27)22-42(55)48(34,30-12-8-5-9-13-30)43(32)29-20-28-21-31(54)14-15-39(28)62-26-29/h4-16,21-22,24-26,34,37,43,54H,17-20,23H2,1-3H3/t34-,37+,43-,48-/m0/s1. The number of methoxy groups -OCH3 is 2. The SMILES string of the molecule is COc1cc2nc(CCn3c(=O)n4n(c3=O)[C@@H]3C[C@H]5C(=O)C(c6ccccc6)=CC(=O)[C@@]5(c5ccccc5)[C@@H](C5=COc6ccc(O)cc6C5)C3=CC4)c(=O)n(C)c2cc1OC. The van der Waals surface area contributed by atoms with Gasteiger partial charge in [0, 0.05) is 61.5 Å². The summed E-state index contributed by atoms with van der Waals surface area (Å²) in [5.41, 5.74) is 1.72. The number of aromatic hydroxyl groups is 1. The number of nitrogens with zero attached hydrogens (tertiary/aromatic N) is 5. The van der Waals surface area contributed by atoms with E-state index in [1.807, 2.05) is 54.6 Å². The van der Waals surface area contributed by atoms with E-state index in [-0.39, 0.29) is 60.9 Å². The van der Waals surface area contributed by atoms with Crippen molar-refractivity contribution < 1.29 is 28.9 Å². The van der Waals surface area contributed by atoms with Gasteiger partial charge in [-0.2, -0.15) is 0 Å². The Bertz CT molecular complexity index is 3150. The van der Waals surface area contributed by atoms with E-state index in [0.717, 1.165) is 4.57 Å². The Balaban J connectivity index is 1.11. The molecule has 0 radical (unpaired) electrons. The average molecular weight is 832 g/mol. The van der Waals surface area contributed by atoms with Gasteiger partial charge < -0.3 is 23.9 Å². The van der Waals surface area contributed by atoms with E-state index >= 15 is 9.59 Å². The van der Waals surface area contributed by atoms with Crippen LogP contribution in [0.25, 0.3) is 16.6 Å². The second-order valence-corrected chi connectivity index (χ2v) is 16.1. The number of fused-ring (bicyclic) bond motifs is 6. The third kappa shape index (κ3) is 5.69. The molecule has 4 heterocycles. The van der Waals surface area contributed by atoms with Crippen molar-refractivity contribution in [3.63, 3.8) is 0 Å². The molecule has 0 spiro atoms. The first-order chi connectivity index (χ1) is 30.0. The molecule has 1 fully saturated rings. The van der Waals surface area contributed by atoms with Gasteiger partial charge in [-0.15, -0.1) is 0 Å². The molecule has 0 unspecified atom stereocenters. The number of carbonyl (C=O) groups is 2. The fraction of sp³-hybridized carbons (Fsp3) is 0.250. The minimum Gasteiger partial charge on any atom is -0.508 e. The zero-order valence-electron chi connectivity index (χ0n) is 34.1. The maximum Gasteiger partial charge on any atom is 0.347 e. The van der Waals surface area contributed by atoms with Gasteiger partial charge in [0.05, 0.1) is 49.5 Å². The number of aromatic nitrogens is 5. The molecule has 4 aliphatic rings. The minimum absolute atomic E-state index is 0.00924. The van der Waals surface area contributed by atoms with Gasteiger partial charge in [0.1, 0.15) is 17.2 Å². The Morgan fingerprint density at radius 1 is 0.887 bits per heavy atom. The van der Waals surface area contributed by atoms with Crippen molar-refractivity contribution in [1.29, 1.82) is 0 Å². The molecule has 4 aromatic carbocycles. The fourth-order valence-corrected chi connectivity index (χ4v) is 10.3. The number of rotatable bonds is 8. The van der Waals surface area contributed by atoms with Crippen LogP contribution in [0, 0.1) is 11.8 Å². The normalized spacial score (nSPS) is 21.4. The molecule has 0 bridgehead atoms. The summed E-state index contributed by atoms with van der Waals surface area (Å²) in [4.78, 5) is 77.9. The summed E-state index contributed by atoms with van der Waals surface area (Å²) in [5.74, 6) is -0.815. The third-order valence-corrected chi connectivity index (χ3v) is 13.1. The van der Waals surface area contributed by atoms with Gasteiger partial charge >= 0.3 is 11.4 Å². The molecule has 14 heteroatoms. The van der Waals surface area contributed by atoms with Gasteiger partial charge in [-0.05, 0) is 53.0 Å². The van der Waals surface area contributed by atoms with Crippen LogP contribution in [0.2, 0.25) is 0 Å². The van der Waals surface area contributed by atoms with Crippen LogP contribution < -0.4 is 31.1 Å². The van der Waals surface area contributed by atoms with E-state index in [9.17, 15) is 19.5 Å². The molecule has 2 aliphatic carbocycles. The van der Waals surface area contributed by atoms with Crippen LogP contribution in [0.5, 0.6) is 23.0 Å². The molecule has 2 aliphatic heterocycles. The van der Waals surface area contributed by atoms with Gasteiger partial charge in [0.15, 0.2) is 23.1 Å². The number of phenols is 1. The van der Waals surface area contributed by atoms with E-state index < -0.39 is 40.2 Å². The molecule has 10 rings (SSSR count). The van der Waals surface area contributed by atoms with Gasteiger partial charge in [-0.1, -0.05) is 66.7 Å². The average Bonchev–Trinajstić information content (AvgIpc) is 3.54. The number of hydrogen-bond donors (Lipinski definition) is 1. The maximum absolute atomic E-state index is 15.4. The minimum atomic E-state index is -1.45. The summed E-state index contributed by atoms with van der Waals surface area (Å²) in [6.45, 7) is -0.137. The van der Waals surface area contributed by atoms with E-state index in [1.54, 1.807) is 49.7 Å². The summed E-state index contributed by atoms with van der Waals surface area (Å²) >= 11 is 0. The Kier molecular flexibility index (Phi) is 9.12. The van der Waals surface area contributed by atoms with Crippen LogP contribution in [-0.4, -0.2) is 54.4 Å². The van der Waals surface area contributed by atoms with E-state index in [2.05, 4.69) is 4.98 Å². The van der Waals surface area contributed by atoms with Crippen molar-refractivity contribution >= 4 is 28.2 Å². The zero-order chi connectivity index (χ0) is 43.0. The van der Waals surface area contributed by atoms with E-state index in [0.29, 0.717) is 56.1 Å². The van der Waals surface area contributed by atoms with Gasteiger partial charge in [-0.25, -0.2) is 28.5 Å². The van der Waals surface area contributed by atoms with E-state index in [4.69, 9.17) is 14.2 Å². The maximum atomic E-state index is 15.4. The highest BCUT2D eigenvalue weighted by Crippen LogP contribution is 2.60. The highest BCUT2D eigenvalue weighted by Gasteiger charge is 2.63. The second kappa shape index (κ2) is 14.6. The summed E-state index contributed by atoms with van der Waals surface area (Å²) in [6.07, 6.45) is 5.29. The summed E-state index contributed by atoms with van der Waals surface area (Å²) in [5, 5.41) is 10.5. The lowest BCUT2D eigenvalue weighted by Gasteiger charge is -2.54. The van der Waals surface area contributed by atoms with E-state index in [1.165, 1.54) is 40.3 Å². The molecule has 62 heavy (non-hydrogen) atoms. The quantitative estimate of drug-likeness (QED) is 0.210. The predicted molar refractivity (Wildman–Crippen MR) is 229 cm³/mol. The number of carbonyl (C=O) groups excluding carboxylic acids is 2. The lowest BCUT2D eigenvalue weighted by molar-refractivity contribution is -0.134. The fourth-order valence-electron chi connectivity index (χ4n) is 10.3. The number of allylic oxidation sites excluding steroid dienone is 5. The third-order valence-electron chi connectivity index (χ3n) is 13.1. The van der Waals surface area contributed by atoms with Gasteiger partial charge in [-0.3, -0.25) is 14.4 Å².